The van der Waals surface area contributed by atoms with Gasteiger partial charge in [-0.25, -0.2) is 13.6 Å². The summed E-state index contributed by atoms with van der Waals surface area (Å²) in [5.74, 6) is -4.07. The molecule has 2 saturated heterocycles. The van der Waals surface area contributed by atoms with E-state index in [-0.39, 0.29) is 42.6 Å². The highest BCUT2D eigenvalue weighted by atomic mass is 35.5. The Kier molecular flexibility index (Phi) is 11.6. The van der Waals surface area contributed by atoms with E-state index in [4.69, 9.17) is 16.3 Å². The van der Waals surface area contributed by atoms with Crippen molar-refractivity contribution in [2.24, 2.45) is 5.92 Å². The highest BCUT2D eigenvalue weighted by Crippen LogP contribution is 2.32. The van der Waals surface area contributed by atoms with E-state index in [1.54, 1.807) is 31.7 Å². The highest BCUT2D eigenvalue weighted by molar-refractivity contribution is 6.31. The summed E-state index contributed by atoms with van der Waals surface area (Å²) in [6, 6.07) is 6.96. The first kappa shape index (κ1) is 36.2. The predicted molar refractivity (Wildman–Crippen MR) is 167 cm³/mol. The Bertz CT molecular complexity index is 1460. The van der Waals surface area contributed by atoms with Gasteiger partial charge in [0, 0.05) is 69.4 Å². The smallest absolute Gasteiger partial charge is 0.410 e. The average Bonchev–Trinajstić information content (AvgIpc) is 3.45. The molecular formula is C32H39ClF5N5O4. The molecule has 2 fully saturated rings. The molecule has 258 valence electrons. The first-order chi connectivity index (χ1) is 22.0. The van der Waals surface area contributed by atoms with Gasteiger partial charge in [0.15, 0.2) is 11.6 Å². The summed E-state index contributed by atoms with van der Waals surface area (Å²) in [5, 5.41) is 5.52. The Hall–Kier alpha value is -3.65. The van der Waals surface area contributed by atoms with E-state index in [1.807, 2.05) is 4.90 Å². The van der Waals surface area contributed by atoms with Gasteiger partial charge in [0.05, 0.1) is 23.4 Å². The summed E-state index contributed by atoms with van der Waals surface area (Å²) in [7, 11) is 0. The lowest BCUT2D eigenvalue weighted by Gasteiger charge is -2.37. The monoisotopic (exact) mass is 687 g/mol. The minimum atomic E-state index is -4.24. The molecule has 4 rings (SSSR count). The number of halogens is 6. The fourth-order valence-corrected chi connectivity index (χ4v) is 5.65. The number of benzene rings is 2. The molecule has 0 unspecified atom stereocenters. The van der Waals surface area contributed by atoms with Gasteiger partial charge in [-0.15, -0.1) is 0 Å². The van der Waals surface area contributed by atoms with Gasteiger partial charge in [-0.05, 0) is 57.4 Å². The fourth-order valence-electron chi connectivity index (χ4n) is 5.48. The van der Waals surface area contributed by atoms with Gasteiger partial charge in [-0.1, -0.05) is 17.7 Å². The van der Waals surface area contributed by atoms with Crippen LogP contribution in [0.15, 0.2) is 30.3 Å². The summed E-state index contributed by atoms with van der Waals surface area (Å²) in [6.07, 6.45) is -4.90. The van der Waals surface area contributed by atoms with E-state index in [0.717, 1.165) is 6.07 Å². The summed E-state index contributed by atoms with van der Waals surface area (Å²) < 4.78 is 73.4. The number of ether oxygens (including phenoxy) is 1. The zero-order valence-corrected chi connectivity index (χ0v) is 27.2. The number of anilines is 2. The molecule has 1 atom stereocenters. The van der Waals surface area contributed by atoms with Gasteiger partial charge in [-0.3, -0.25) is 14.5 Å². The third-order valence-electron chi connectivity index (χ3n) is 7.93. The first-order valence-corrected chi connectivity index (χ1v) is 15.7. The van der Waals surface area contributed by atoms with Crippen LogP contribution in [0.25, 0.3) is 0 Å². The van der Waals surface area contributed by atoms with Crippen molar-refractivity contribution in [1.82, 2.24) is 15.1 Å². The first-order valence-electron chi connectivity index (χ1n) is 15.4. The van der Waals surface area contributed by atoms with E-state index < -0.39 is 47.4 Å². The largest absolute Gasteiger partial charge is 0.444 e. The molecule has 0 radical (unpaired) electrons. The van der Waals surface area contributed by atoms with Crippen LogP contribution in [-0.4, -0.2) is 85.3 Å². The average molecular weight is 688 g/mol. The Morgan fingerprint density at radius 1 is 0.979 bits per heavy atom. The molecule has 2 aromatic carbocycles. The van der Waals surface area contributed by atoms with Gasteiger partial charge in [0.1, 0.15) is 5.60 Å². The van der Waals surface area contributed by atoms with Crippen LogP contribution in [0, 0.1) is 17.6 Å². The lowest BCUT2D eigenvalue weighted by molar-refractivity contribution is -0.138. The Morgan fingerprint density at radius 2 is 1.68 bits per heavy atom. The number of alkyl halides is 3. The molecule has 9 nitrogen and oxygen atoms in total. The van der Waals surface area contributed by atoms with Crippen LogP contribution >= 0.6 is 11.6 Å². The normalized spacial score (nSPS) is 17.5. The van der Waals surface area contributed by atoms with Gasteiger partial charge < -0.3 is 25.2 Å². The molecule has 2 aliphatic rings. The maximum Gasteiger partial charge on any atom is 0.410 e. The number of piperazine rings is 1. The minimum Gasteiger partial charge on any atom is -0.444 e. The van der Waals surface area contributed by atoms with Crippen molar-refractivity contribution in [1.29, 1.82) is 0 Å². The Balaban J connectivity index is 1.32. The lowest BCUT2D eigenvalue weighted by Crippen LogP contribution is -2.47. The van der Waals surface area contributed by atoms with Gasteiger partial charge in [0.25, 0.3) is 5.91 Å². The third-order valence-corrected chi connectivity index (χ3v) is 8.16. The molecule has 0 aliphatic carbocycles. The molecule has 47 heavy (non-hydrogen) atoms. The highest BCUT2D eigenvalue weighted by Gasteiger charge is 2.32. The van der Waals surface area contributed by atoms with Crippen LogP contribution in [0.1, 0.15) is 56.0 Å². The molecular weight excluding hydrogens is 649 g/mol. The Labute approximate surface area is 275 Å². The van der Waals surface area contributed by atoms with Gasteiger partial charge in [0.2, 0.25) is 5.91 Å². The van der Waals surface area contributed by atoms with Gasteiger partial charge >= 0.3 is 12.3 Å². The molecule has 3 amide bonds. The van der Waals surface area contributed by atoms with Crippen LogP contribution in [0.4, 0.5) is 38.1 Å². The molecule has 0 aromatic heterocycles. The number of likely N-dealkylation sites (tertiary alicyclic amines) is 1. The van der Waals surface area contributed by atoms with E-state index in [1.165, 1.54) is 23.1 Å². The molecule has 0 saturated carbocycles. The van der Waals surface area contributed by atoms with Crippen molar-refractivity contribution < 1.29 is 41.1 Å². The number of hydrogen-bond donors (Lipinski definition) is 2. The fraction of sp³-hybridized carbons (Fsp3) is 0.531. The second kappa shape index (κ2) is 15.1. The molecule has 2 heterocycles. The maximum atomic E-state index is 15.1. The third kappa shape index (κ3) is 10.4. The Morgan fingerprint density at radius 3 is 2.34 bits per heavy atom. The molecule has 2 aliphatic heterocycles. The van der Waals surface area contributed by atoms with E-state index in [2.05, 4.69) is 10.6 Å². The summed E-state index contributed by atoms with van der Waals surface area (Å²) >= 11 is 6.19. The summed E-state index contributed by atoms with van der Waals surface area (Å²) in [5.41, 5.74) is -0.563. The van der Waals surface area contributed by atoms with Crippen LogP contribution in [0.5, 0.6) is 0 Å². The van der Waals surface area contributed by atoms with Gasteiger partial charge in [-0.2, -0.15) is 13.2 Å². The second-order valence-electron chi connectivity index (χ2n) is 12.8. The molecule has 15 heteroatoms. The van der Waals surface area contributed by atoms with Crippen LogP contribution < -0.4 is 15.5 Å². The number of nitrogens with one attached hydrogen (secondary N) is 2. The lowest BCUT2D eigenvalue weighted by atomic mass is 10.0. The topological polar surface area (TPSA) is 94.2 Å². The maximum absolute atomic E-state index is 15.1. The van der Waals surface area contributed by atoms with E-state index >= 15 is 8.78 Å². The van der Waals surface area contributed by atoms with Crippen molar-refractivity contribution in [3.63, 3.8) is 0 Å². The number of carbonyl (C=O) groups excluding carboxylic acids is 3. The summed E-state index contributed by atoms with van der Waals surface area (Å²) in [4.78, 5) is 43.0. The van der Waals surface area contributed by atoms with Crippen LogP contribution in [-0.2, 0) is 16.1 Å². The molecule has 2 N–H and O–H groups in total. The number of rotatable bonds is 9. The van der Waals surface area contributed by atoms with Crippen molar-refractivity contribution in [2.45, 2.75) is 58.4 Å². The van der Waals surface area contributed by atoms with Crippen molar-refractivity contribution in [2.75, 3.05) is 56.0 Å². The van der Waals surface area contributed by atoms with Crippen LogP contribution in [0.3, 0.4) is 0 Å². The SMILES string of the molecule is CC(C)(C)OC(=O)N1CC[C@H](CC(=O)NCc2ccc(C(=O)Nc3ccc(Cl)cc3N3CCN(CCC(F)(F)F)CC3)c(F)c2F)C1. The van der Waals surface area contributed by atoms with Crippen molar-refractivity contribution >= 4 is 40.9 Å². The number of amides is 3. The minimum absolute atomic E-state index is 0.0932. The quantitative estimate of drug-likeness (QED) is 0.305. The second-order valence-corrected chi connectivity index (χ2v) is 13.2. The van der Waals surface area contributed by atoms with E-state index in [9.17, 15) is 27.6 Å². The summed E-state index contributed by atoms with van der Waals surface area (Å²) in [6.45, 7) is 7.15. The predicted octanol–water partition coefficient (Wildman–Crippen LogP) is 6.21. The van der Waals surface area contributed by atoms with Crippen molar-refractivity contribution in [3.8, 4) is 0 Å². The molecule has 0 spiro atoms. The number of hydrogen-bond acceptors (Lipinski definition) is 6. The zero-order chi connectivity index (χ0) is 34.5. The number of carbonyl (C=O) groups is 3. The van der Waals surface area contributed by atoms with E-state index in [0.29, 0.717) is 56.4 Å². The van der Waals surface area contributed by atoms with Crippen molar-refractivity contribution in [3.05, 3.63) is 58.1 Å². The molecule has 2 aromatic rings. The van der Waals surface area contributed by atoms with Crippen LogP contribution in [0.2, 0.25) is 5.02 Å². The standard InChI is InChI=1S/C32H39ClF5N5O4/c1-31(2,3)47-30(46)43-10-8-20(19-43)16-26(44)39-18-21-4-6-23(28(35)27(21)34)29(45)40-24-7-5-22(33)17-25(24)42-14-12-41(13-15-42)11-9-32(36,37)38/h4-7,17,20H,8-16,18-19H2,1-3H3,(H,39,44)(H,40,45)/t20-/m1/s1. The molecule has 0 bridgehead atoms. The number of nitrogens with zero attached hydrogens (tertiary/aromatic N) is 3. The zero-order valence-electron chi connectivity index (χ0n) is 26.5.